The van der Waals surface area contributed by atoms with Crippen molar-refractivity contribution >= 4 is 27.4 Å². The molecular formula is C21H22N6O2S2. The van der Waals surface area contributed by atoms with Crippen LogP contribution >= 0.6 is 11.5 Å². The van der Waals surface area contributed by atoms with Gasteiger partial charge in [-0.1, -0.05) is 18.2 Å². The molecule has 0 spiro atoms. The van der Waals surface area contributed by atoms with Crippen LogP contribution < -0.4 is 15.2 Å². The third-order valence-corrected chi connectivity index (χ3v) is 6.44. The summed E-state index contributed by atoms with van der Waals surface area (Å²) in [5.74, 6) is 0.558. The third-order valence-electron chi connectivity index (χ3n) is 5.08. The minimum absolute atomic E-state index is 0.217. The van der Waals surface area contributed by atoms with Crippen LogP contribution in [-0.4, -0.2) is 23.8 Å². The second-order valence-electron chi connectivity index (χ2n) is 7.72. The number of hydrogen-bond acceptors (Lipinski definition) is 7. The lowest BCUT2D eigenvalue weighted by Crippen LogP contribution is -2.33. The van der Waals surface area contributed by atoms with E-state index in [1.54, 1.807) is 6.07 Å². The van der Waals surface area contributed by atoms with Gasteiger partial charge >= 0.3 is 0 Å². The number of fused-ring (bicyclic) bond motifs is 1. The molecule has 8 nitrogen and oxygen atoms in total. The summed E-state index contributed by atoms with van der Waals surface area (Å²) in [5.41, 5.74) is 5.01. The highest BCUT2D eigenvalue weighted by molar-refractivity contribution is 7.87. The van der Waals surface area contributed by atoms with Gasteiger partial charge < -0.3 is 5.32 Å². The fourth-order valence-corrected chi connectivity index (χ4v) is 5.22. The van der Waals surface area contributed by atoms with E-state index >= 15 is 0 Å². The van der Waals surface area contributed by atoms with Gasteiger partial charge in [-0.2, -0.15) is 22.8 Å². The molecule has 1 unspecified atom stereocenters. The lowest BCUT2D eigenvalue weighted by Gasteiger charge is -2.12. The van der Waals surface area contributed by atoms with Gasteiger partial charge in [0.15, 0.2) is 5.82 Å². The van der Waals surface area contributed by atoms with E-state index in [4.69, 9.17) is 10.1 Å². The molecule has 1 aromatic heterocycles. The van der Waals surface area contributed by atoms with Gasteiger partial charge in [0.1, 0.15) is 11.1 Å². The molecule has 1 aliphatic rings. The third kappa shape index (κ3) is 4.60. The average molecular weight is 455 g/mol. The van der Waals surface area contributed by atoms with Crippen molar-refractivity contribution in [3.63, 3.8) is 0 Å². The monoisotopic (exact) mass is 454 g/mol. The first-order valence-electron chi connectivity index (χ1n) is 9.82. The lowest BCUT2D eigenvalue weighted by molar-refractivity contribution is 0.556. The predicted molar refractivity (Wildman–Crippen MR) is 122 cm³/mol. The zero-order valence-corrected chi connectivity index (χ0v) is 18.7. The zero-order chi connectivity index (χ0) is 22.2. The molecule has 0 amide bonds. The van der Waals surface area contributed by atoms with Crippen molar-refractivity contribution in [3.8, 4) is 28.0 Å². The molecule has 160 valence electrons. The maximum Gasteiger partial charge on any atom is 0.274 e. The van der Waals surface area contributed by atoms with E-state index in [2.05, 4.69) is 20.5 Å². The van der Waals surface area contributed by atoms with E-state index in [0.717, 1.165) is 39.4 Å². The molecule has 4 rings (SSSR count). The van der Waals surface area contributed by atoms with Crippen molar-refractivity contribution < 1.29 is 8.42 Å². The van der Waals surface area contributed by atoms with Crippen LogP contribution in [-0.2, 0) is 16.6 Å². The predicted octanol–water partition coefficient (Wildman–Crippen LogP) is 3.34. The van der Waals surface area contributed by atoms with Crippen molar-refractivity contribution in [2.45, 2.75) is 38.8 Å². The number of nitriles is 1. The first-order valence-corrected chi connectivity index (χ1v) is 12.1. The van der Waals surface area contributed by atoms with Crippen molar-refractivity contribution in [2.75, 3.05) is 5.32 Å². The average Bonchev–Trinajstić information content (AvgIpc) is 3.34. The number of hydrogen-bond donors (Lipinski definition) is 3. The number of aromatic nitrogens is 2. The lowest BCUT2D eigenvalue weighted by atomic mass is 10.0. The van der Waals surface area contributed by atoms with Crippen LogP contribution in [0.4, 0.5) is 5.69 Å². The highest BCUT2D eigenvalue weighted by Crippen LogP contribution is 2.39. The molecule has 0 saturated heterocycles. The minimum atomic E-state index is -3.78. The van der Waals surface area contributed by atoms with Crippen LogP contribution in [0.1, 0.15) is 43.0 Å². The number of benzene rings is 2. The van der Waals surface area contributed by atoms with Crippen LogP contribution in [0, 0.1) is 11.3 Å². The van der Waals surface area contributed by atoms with Crippen LogP contribution in [0.25, 0.3) is 22.0 Å². The van der Waals surface area contributed by atoms with Gasteiger partial charge in [-0.25, -0.2) is 10.1 Å². The van der Waals surface area contributed by atoms with Gasteiger partial charge in [0.05, 0.1) is 11.3 Å². The first kappa shape index (κ1) is 21.4. The van der Waals surface area contributed by atoms with Crippen molar-refractivity contribution in [1.29, 1.82) is 5.26 Å². The zero-order valence-electron chi connectivity index (χ0n) is 17.1. The maximum atomic E-state index is 11.5. The quantitative estimate of drug-likeness (QED) is 0.523. The highest BCUT2D eigenvalue weighted by Gasteiger charge is 2.28. The topological polar surface area (TPSA) is 134 Å². The summed E-state index contributed by atoms with van der Waals surface area (Å²) < 4.78 is 29.9. The molecule has 0 fully saturated rings. The molecule has 0 saturated carbocycles. The van der Waals surface area contributed by atoms with Crippen molar-refractivity contribution in [2.24, 2.45) is 5.14 Å². The molecule has 2 aromatic carbocycles. The molecule has 4 N–H and O–H groups in total. The Morgan fingerprint density at radius 2 is 2.10 bits per heavy atom. The van der Waals surface area contributed by atoms with E-state index in [-0.39, 0.29) is 12.1 Å². The van der Waals surface area contributed by atoms with Crippen LogP contribution in [0.3, 0.4) is 0 Å². The van der Waals surface area contributed by atoms with Crippen molar-refractivity contribution in [3.05, 3.63) is 53.1 Å². The smallest absolute Gasteiger partial charge is 0.274 e. The summed E-state index contributed by atoms with van der Waals surface area (Å²) in [5, 5.41) is 18.7. The Hall–Kier alpha value is -2.84. The maximum absolute atomic E-state index is 11.5. The summed E-state index contributed by atoms with van der Waals surface area (Å²) in [6.07, 6.45) is 1.37. The van der Waals surface area contributed by atoms with Gasteiger partial charge in [-0.05, 0) is 67.5 Å². The standard InChI is InChI=1S/C21H22N6O2S2/c1-12(2)24-18-8-6-13(10-14(18)11-22)20-25-21(30-26-20)17-5-3-4-16-15(17)7-9-19(16)27-31(23,28)29/h3-6,8,10,12,19,24,27H,7,9H2,1-2H3,(H2,23,28,29). The SMILES string of the molecule is CC(C)Nc1ccc(-c2nsc(-c3cccc4c3CCC4NS(N)(=O)=O)n2)cc1C#N. The Labute approximate surface area is 185 Å². The van der Waals surface area contributed by atoms with Crippen LogP contribution in [0.5, 0.6) is 0 Å². The fourth-order valence-electron chi connectivity index (χ4n) is 3.84. The van der Waals surface area contributed by atoms with E-state index in [9.17, 15) is 13.7 Å². The Morgan fingerprint density at radius 1 is 1.29 bits per heavy atom. The molecule has 0 bridgehead atoms. The van der Waals surface area contributed by atoms with Gasteiger partial charge in [0, 0.05) is 23.2 Å². The first-order chi connectivity index (χ1) is 14.7. The van der Waals surface area contributed by atoms with E-state index in [1.807, 2.05) is 44.2 Å². The number of nitrogens with one attached hydrogen (secondary N) is 2. The van der Waals surface area contributed by atoms with Gasteiger partial charge in [-0.15, -0.1) is 0 Å². The molecule has 10 heteroatoms. The van der Waals surface area contributed by atoms with E-state index in [1.165, 1.54) is 11.5 Å². The number of nitrogens with two attached hydrogens (primary N) is 1. The molecule has 31 heavy (non-hydrogen) atoms. The number of nitrogens with zero attached hydrogens (tertiary/aromatic N) is 3. The molecular weight excluding hydrogens is 432 g/mol. The van der Waals surface area contributed by atoms with Crippen molar-refractivity contribution in [1.82, 2.24) is 14.1 Å². The normalized spacial score (nSPS) is 15.6. The molecule has 0 aliphatic heterocycles. The Morgan fingerprint density at radius 3 is 2.81 bits per heavy atom. The molecule has 1 heterocycles. The molecule has 0 radical (unpaired) electrons. The summed E-state index contributed by atoms with van der Waals surface area (Å²) in [7, 11) is -3.78. The second kappa shape index (κ2) is 8.36. The second-order valence-corrected chi connectivity index (χ2v) is 9.80. The summed E-state index contributed by atoms with van der Waals surface area (Å²) in [6, 6.07) is 13.4. The molecule has 1 atom stereocenters. The molecule has 3 aromatic rings. The van der Waals surface area contributed by atoms with E-state index < -0.39 is 10.2 Å². The summed E-state index contributed by atoms with van der Waals surface area (Å²) in [4.78, 5) is 4.71. The van der Waals surface area contributed by atoms with Gasteiger partial charge in [0.2, 0.25) is 0 Å². The largest absolute Gasteiger partial charge is 0.382 e. The minimum Gasteiger partial charge on any atom is -0.382 e. The Balaban J connectivity index is 1.66. The number of rotatable bonds is 6. The van der Waals surface area contributed by atoms with Gasteiger partial charge in [-0.3, -0.25) is 0 Å². The van der Waals surface area contributed by atoms with Crippen LogP contribution in [0.15, 0.2) is 36.4 Å². The van der Waals surface area contributed by atoms with Gasteiger partial charge in [0.25, 0.3) is 10.2 Å². The summed E-state index contributed by atoms with van der Waals surface area (Å²) in [6.45, 7) is 4.04. The Kier molecular flexibility index (Phi) is 5.77. The molecule has 1 aliphatic carbocycles. The van der Waals surface area contributed by atoms with Crippen LogP contribution in [0.2, 0.25) is 0 Å². The fraction of sp³-hybridized carbons (Fsp3) is 0.286. The Bertz CT molecular complexity index is 1280. The van der Waals surface area contributed by atoms with E-state index in [0.29, 0.717) is 17.8 Å². The highest BCUT2D eigenvalue weighted by atomic mass is 32.2. The summed E-state index contributed by atoms with van der Waals surface area (Å²) >= 11 is 1.28. The number of anilines is 1.